The molecule has 0 aliphatic carbocycles. The highest BCUT2D eigenvalue weighted by Crippen LogP contribution is 2.10. The molecule has 1 atom stereocenters. The second-order valence-corrected chi connectivity index (χ2v) is 5.39. The lowest BCUT2D eigenvalue weighted by molar-refractivity contribution is -0.160. The lowest BCUT2D eigenvalue weighted by Gasteiger charge is -2.07. The summed E-state index contributed by atoms with van der Waals surface area (Å²) in [6, 6.07) is -0.679. The summed E-state index contributed by atoms with van der Waals surface area (Å²) >= 11 is 0. The van der Waals surface area contributed by atoms with Crippen LogP contribution < -0.4 is 5.73 Å². The summed E-state index contributed by atoms with van der Waals surface area (Å²) in [6.45, 7) is 4.01. The maximum absolute atomic E-state index is 11.4. The van der Waals surface area contributed by atoms with E-state index in [0.717, 1.165) is 19.3 Å². The normalized spacial score (nSPS) is 12.2. The van der Waals surface area contributed by atoms with Crippen molar-refractivity contribution in [3.8, 4) is 0 Å². The zero-order valence-electron chi connectivity index (χ0n) is 13.2. The number of rotatable bonds is 12. The Hall–Kier alpha value is -0.900. The monoisotopic (exact) mass is 285 g/mol. The molecular formula is C16H31NO3. The van der Waals surface area contributed by atoms with Gasteiger partial charge in [0.25, 0.3) is 0 Å². The van der Waals surface area contributed by atoms with Crippen molar-refractivity contribution in [2.45, 2.75) is 90.5 Å². The van der Waals surface area contributed by atoms with Crippen molar-refractivity contribution in [1.29, 1.82) is 0 Å². The minimum absolute atomic E-state index is 0.317. The summed E-state index contributed by atoms with van der Waals surface area (Å²) in [5.41, 5.74) is 5.48. The van der Waals surface area contributed by atoms with Crippen LogP contribution in [-0.4, -0.2) is 18.0 Å². The van der Waals surface area contributed by atoms with Gasteiger partial charge >= 0.3 is 11.9 Å². The summed E-state index contributed by atoms with van der Waals surface area (Å²) in [5, 5.41) is 0. The molecule has 4 heteroatoms. The predicted octanol–water partition coefficient (Wildman–Crippen LogP) is 3.71. The standard InChI is InChI=1S/C16H31NO3/c1-3-5-6-7-8-9-10-11-12-13-15(18)20-16(19)14(17)4-2/h14H,3-13,17H2,1-2H3/t14-/m0/s1. The number of esters is 2. The first-order chi connectivity index (χ1) is 9.61. The van der Waals surface area contributed by atoms with E-state index in [1.807, 2.05) is 0 Å². The molecule has 4 nitrogen and oxygen atoms in total. The summed E-state index contributed by atoms with van der Waals surface area (Å²) in [6.07, 6.45) is 11.6. The molecule has 0 aromatic carbocycles. The van der Waals surface area contributed by atoms with Gasteiger partial charge in [0.15, 0.2) is 0 Å². The summed E-state index contributed by atoms with van der Waals surface area (Å²) in [7, 11) is 0. The minimum atomic E-state index is -0.679. The molecular weight excluding hydrogens is 254 g/mol. The van der Waals surface area contributed by atoms with Crippen molar-refractivity contribution in [3.05, 3.63) is 0 Å². The van der Waals surface area contributed by atoms with Crippen molar-refractivity contribution in [1.82, 2.24) is 0 Å². The quantitative estimate of drug-likeness (QED) is 0.337. The van der Waals surface area contributed by atoms with Gasteiger partial charge in [0.2, 0.25) is 0 Å². The van der Waals surface area contributed by atoms with Gasteiger partial charge in [-0.25, -0.2) is 4.79 Å². The molecule has 0 bridgehead atoms. The van der Waals surface area contributed by atoms with Gasteiger partial charge in [-0.1, -0.05) is 65.2 Å². The molecule has 2 N–H and O–H groups in total. The first-order valence-corrected chi connectivity index (χ1v) is 8.11. The van der Waals surface area contributed by atoms with Crippen molar-refractivity contribution in [2.75, 3.05) is 0 Å². The maximum Gasteiger partial charge on any atom is 0.330 e. The van der Waals surface area contributed by atoms with Crippen LogP contribution in [0.5, 0.6) is 0 Å². The van der Waals surface area contributed by atoms with Gasteiger partial charge in [-0.3, -0.25) is 4.79 Å². The third kappa shape index (κ3) is 11.0. The van der Waals surface area contributed by atoms with Crippen LogP contribution >= 0.6 is 0 Å². The predicted molar refractivity (Wildman–Crippen MR) is 81.2 cm³/mol. The average molecular weight is 285 g/mol. The summed E-state index contributed by atoms with van der Waals surface area (Å²) < 4.78 is 4.67. The van der Waals surface area contributed by atoms with E-state index in [9.17, 15) is 9.59 Å². The van der Waals surface area contributed by atoms with Gasteiger partial charge in [0, 0.05) is 6.42 Å². The van der Waals surface area contributed by atoms with Gasteiger partial charge in [-0.05, 0) is 12.8 Å². The second-order valence-electron chi connectivity index (χ2n) is 5.39. The lowest BCUT2D eigenvalue weighted by Crippen LogP contribution is -2.32. The van der Waals surface area contributed by atoms with Crippen LogP contribution in [-0.2, 0) is 14.3 Å². The van der Waals surface area contributed by atoms with Crippen LogP contribution in [0.25, 0.3) is 0 Å². The molecule has 20 heavy (non-hydrogen) atoms. The molecule has 0 saturated heterocycles. The van der Waals surface area contributed by atoms with Crippen LogP contribution in [0.15, 0.2) is 0 Å². The van der Waals surface area contributed by atoms with Gasteiger partial charge in [-0.15, -0.1) is 0 Å². The molecule has 0 aromatic rings. The van der Waals surface area contributed by atoms with E-state index in [-0.39, 0.29) is 0 Å². The van der Waals surface area contributed by atoms with Crippen LogP contribution in [0.2, 0.25) is 0 Å². The number of hydrogen-bond acceptors (Lipinski definition) is 4. The van der Waals surface area contributed by atoms with Crippen molar-refractivity contribution < 1.29 is 14.3 Å². The van der Waals surface area contributed by atoms with E-state index in [2.05, 4.69) is 11.7 Å². The summed E-state index contributed by atoms with van der Waals surface area (Å²) in [5.74, 6) is -1.05. The fourth-order valence-electron chi connectivity index (χ4n) is 1.99. The van der Waals surface area contributed by atoms with Crippen LogP contribution in [0, 0.1) is 0 Å². The number of hydrogen-bond donors (Lipinski definition) is 1. The molecule has 118 valence electrons. The zero-order valence-corrected chi connectivity index (χ0v) is 13.2. The molecule has 0 heterocycles. The minimum Gasteiger partial charge on any atom is -0.392 e. The van der Waals surface area contributed by atoms with Crippen molar-refractivity contribution in [2.24, 2.45) is 5.73 Å². The van der Waals surface area contributed by atoms with Crippen LogP contribution in [0.3, 0.4) is 0 Å². The Bertz CT molecular complexity index is 266. The van der Waals surface area contributed by atoms with E-state index >= 15 is 0 Å². The van der Waals surface area contributed by atoms with Gasteiger partial charge in [-0.2, -0.15) is 0 Å². The molecule has 0 rings (SSSR count). The molecule has 0 saturated carbocycles. The highest BCUT2D eigenvalue weighted by Gasteiger charge is 2.16. The van der Waals surface area contributed by atoms with E-state index in [4.69, 9.17) is 5.73 Å². The lowest BCUT2D eigenvalue weighted by atomic mass is 10.1. The molecule has 0 aliphatic rings. The fourth-order valence-corrected chi connectivity index (χ4v) is 1.99. The number of carbonyl (C=O) groups excluding carboxylic acids is 2. The molecule has 0 unspecified atom stereocenters. The molecule has 0 radical (unpaired) electrons. The largest absolute Gasteiger partial charge is 0.392 e. The van der Waals surface area contributed by atoms with Crippen LogP contribution in [0.1, 0.15) is 84.5 Å². The Balaban J connectivity index is 3.38. The topological polar surface area (TPSA) is 69.4 Å². The van der Waals surface area contributed by atoms with Crippen molar-refractivity contribution in [3.63, 3.8) is 0 Å². The molecule has 0 fully saturated rings. The third-order valence-corrected chi connectivity index (χ3v) is 3.44. The maximum atomic E-state index is 11.4. The van der Waals surface area contributed by atoms with E-state index in [1.165, 1.54) is 38.5 Å². The Morgan fingerprint density at radius 3 is 1.90 bits per heavy atom. The Morgan fingerprint density at radius 1 is 0.900 bits per heavy atom. The smallest absolute Gasteiger partial charge is 0.330 e. The van der Waals surface area contributed by atoms with Gasteiger partial charge < -0.3 is 10.5 Å². The number of nitrogens with two attached hydrogens (primary N) is 1. The number of ether oxygens (including phenoxy) is 1. The molecule has 0 amide bonds. The first kappa shape index (κ1) is 19.1. The van der Waals surface area contributed by atoms with Gasteiger partial charge in [0.05, 0.1) is 0 Å². The summed E-state index contributed by atoms with van der Waals surface area (Å²) in [4.78, 5) is 22.7. The third-order valence-electron chi connectivity index (χ3n) is 3.44. The number of carbonyl (C=O) groups is 2. The average Bonchev–Trinajstić information content (AvgIpc) is 2.44. The molecule has 0 spiro atoms. The highest BCUT2D eigenvalue weighted by atomic mass is 16.6. The van der Waals surface area contributed by atoms with Gasteiger partial charge in [0.1, 0.15) is 6.04 Å². The molecule has 0 aliphatic heterocycles. The Kier molecular flexibility index (Phi) is 12.5. The Morgan fingerprint density at radius 2 is 1.40 bits per heavy atom. The fraction of sp³-hybridized carbons (Fsp3) is 0.875. The van der Waals surface area contributed by atoms with E-state index in [0.29, 0.717) is 12.8 Å². The van der Waals surface area contributed by atoms with Crippen molar-refractivity contribution >= 4 is 11.9 Å². The SMILES string of the molecule is CCCCCCCCCCCC(=O)OC(=O)[C@@H](N)CC. The van der Waals surface area contributed by atoms with E-state index < -0.39 is 18.0 Å². The van der Waals surface area contributed by atoms with Crippen LogP contribution in [0.4, 0.5) is 0 Å². The highest BCUT2D eigenvalue weighted by molar-refractivity contribution is 5.88. The second kappa shape index (κ2) is 13.1. The Labute approximate surface area is 123 Å². The zero-order chi connectivity index (χ0) is 15.2. The van der Waals surface area contributed by atoms with E-state index in [1.54, 1.807) is 6.92 Å². The number of unbranched alkanes of at least 4 members (excludes halogenated alkanes) is 8. The first-order valence-electron chi connectivity index (χ1n) is 8.11. The molecule has 0 aromatic heterocycles.